The Hall–Kier alpha value is -2.01. The third-order valence-corrected chi connectivity index (χ3v) is 3.22. The molecule has 0 saturated carbocycles. The predicted octanol–water partition coefficient (Wildman–Crippen LogP) is 4.20. The van der Waals surface area contributed by atoms with Gasteiger partial charge in [0.25, 0.3) is 0 Å². The normalized spacial score (nSPS) is 13.0. The van der Waals surface area contributed by atoms with Crippen LogP contribution < -0.4 is 10.5 Å². The van der Waals surface area contributed by atoms with Crippen LogP contribution in [0.5, 0.6) is 5.75 Å². The second kappa shape index (κ2) is 6.18. The van der Waals surface area contributed by atoms with Crippen LogP contribution in [0.2, 0.25) is 0 Å². The average molecular weight is 295 g/mol. The Balaban J connectivity index is 2.13. The molecule has 2 aromatic rings. The molecule has 0 radical (unpaired) electrons. The molecule has 21 heavy (non-hydrogen) atoms. The lowest BCUT2D eigenvalue weighted by molar-refractivity contribution is -0.274. The fourth-order valence-corrected chi connectivity index (χ4v) is 2.03. The Morgan fingerprint density at radius 2 is 1.43 bits per heavy atom. The van der Waals surface area contributed by atoms with Gasteiger partial charge in [-0.1, -0.05) is 43.3 Å². The van der Waals surface area contributed by atoms with Crippen LogP contribution in [0.15, 0.2) is 48.5 Å². The van der Waals surface area contributed by atoms with Crippen molar-refractivity contribution >= 4 is 0 Å². The summed E-state index contributed by atoms with van der Waals surface area (Å²) in [5.41, 5.74) is 8.97. The number of hydrogen-bond acceptors (Lipinski definition) is 2. The minimum Gasteiger partial charge on any atom is -0.406 e. The molecule has 0 fully saturated rings. The molecule has 1 unspecified atom stereocenters. The molecule has 112 valence electrons. The summed E-state index contributed by atoms with van der Waals surface area (Å²) < 4.78 is 40.1. The van der Waals surface area contributed by atoms with Gasteiger partial charge in [-0.3, -0.25) is 0 Å². The van der Waals surface area contributed by atoms with Crippen molar-refractivity contribution < 1.29 is 17.9 Å². The summed E-state index contributed by atoms with van der Waals surface area (Å²) in [7, 11) is 0. The highest BCUT2D eigenvalue weighted by Crippen LogP contribution is 2.26. The first-order valence-electron chi connectivity index (χ1n) is 6.59. The number of aryl methyl sites for hydroxylation is 1. The smallest absolute Gasteiger partial charge is 0.406 e. The van der Waals surface area contributed by atoms with Gasteiger partial charge in [-0.2, -0.15) is 0 Å². The Morgan fingerprint density at radius 3 is 1.86 bits per heavy atom. The van der Waals surface area contributed by atoms with Crippen LogP contribution in [-0.2, 0) is 6.42 Å². The summed E-state index contributed by atoms with van der Waals surface area (Å²) >= 11 is 0. The zero-order valence-electron chi connectivity index (χ0n) is 11.5. The molecule has 0 spiro atoms. The monoisotopic (exact) mass is 295 g/mol. The molecule has 0 saturated heterocycles. The van der Waals surface area contributed by atoms with Crippen LogP contribution in [0, 0.1) is 0 Å². The predicted molar refractivity (Wildman–Crippen MR) is 75.0 cm³/mol. The molecule has 2 rings (SSSR count). The largest absolute Gasteiger partial charge is 0.573 e. The lowest BCUT2D eigenvalue weighted by atomic mass is 9.98. The van der Waals surface area contributed by atoms with Crippen LogP contribution >= 0.6 is 0 Å². The van der Waals surface area contributed by atoms with E-state index in [-0.39, 0.29) is 11.8 Å². The molecular formula is C16H16F3NO. The molecule has 0 aromatic heterocycles. The number of hydrogen-bond donors (Lipinski definition) is 1. The van der Waals surface area contributed by atoms with Gasteiger partial charge >= 0.3 is 6.36 Å². The van der Waals surface area contributed by atoms with Gasteiger partial charge in [0.1, 0.15) is 5.75 Å². The maximum Gasteiger partial charge on any atom is 0.573 e. The third-order valence-electron chi connectivity index (χ3n) is 3.22. The average Bonchev–Trinajstić information content (AvgIpc) is 2.46. The van der Waals surface area contributed by atoms with Crippen molar-refractivity contribution in [2.24, 2.45) is 5.73 Å². The van der Waals surface area contributed by atoms with E-state index in [9.17, 15) is 13.2 Å². The number of benzene rings is 2. The summed E-state index contributed by atoms with van der Waals surface area (Å²) in [6, 6.07) is 13.1. The van der Waals surface area contributed by atoms with Gasteiger partial charge in [0.05, 0.1) is 6.04 Å². The molecule has 2 N–H and O–H groups in total. The van der Waals surface area contributed by atoms with E-state index in [4.69, 9.17) is 5.73 Å². The first-order valence-corrected chi connectivity index (χ1v) is 6.59. The highest BCUT2D eigenvalue weighted by atomic mass is 19.4. The van der Waals surface area contributed by atoms with E-state index < -0.39 is 6.36 Å². The highest BCUT2D eigenvalue weighted by Gasteiger charge is 2.31. The lowest BCUT2D eigenvalue weighted by Gasteiger charge is -2.14. The minimum absolute atomic E-state index is 0.250. The molecule has 0 bridgehead atoms. The lowest BCUT2D eigenvalue weighted by Crippen LogP contribution is -2.17. The second-order valence-corrected chi connectivity index (χ2v) is 4.69. The maximum atomic E-state index is 12.1. The molecule has 5 heteroatoms. The number of nitrogens with two attached hydrogens (primary N) is 1. The van der Waals surface area contributed by atoms with Crippen LogP contribution in [0.1, 0.15) is 29.7 Å². The molecule has 2 aromatic carbocycles. The quantitative estimate of drug-likeness (QED) is 0.917. The maximum absolute atomic E-state index is 12.1. The van der Waals surface area contributed by atoms with Gasteiger partial charge in [0.2, 0.25) is 0 Å². The minimum atomic E-state index is -4.68. The number of halogens is 3. The second-order valence-electron chi connectivity index (χ2n) is 4.69. The zero-order valence-corrected chi connectivity index (χ0v) is 11.5. The van der Waals surface area contributed by atoms with E-state index >= 15 is 0 Å². The van der Waals surface area contributed by atoms with Gasteiger partial charge in [-0.15, -0.1) is 13.2 Å². The summed E-state index contributed by atoms with van der Waals surface area (Å²) in [6.07, 6.45) is -3.74. The summed E-state index contributed by atoms with van der Waals surface area (Å²) in [4.78, 5) is 0. The van der Waals surface area contributed by atoms with Crippen LogP contribution in [0.4, 0.5) is 13.2 Å². The Morgan fingerprint density at radius 1 is 0.952 bits per heavy atom. The SMILES string of the molecule is CCc1ccc(C(N)c2ccc(OC(F)(F)F)cc2)cc1. The standard InChI is InChI=1S/C16H16F3NO/c1-2-11-3-5-12(6-4-11)15(20)13-7-9-14(10-8-13)21-16(17,18)19/h3-10,15H,2,20H2,1H3. The fourth-order valence-electron chi connectivity index (χ4n) is 2.03. The van der Waals surface area contributed by atoms with Crippen molar-refractivity contribution in [3.05, 3.63) is 65.2 Å². The molecule has 0 aliphatic carbocycles. The molecule has 1 atom stereocenters. The van der Waals surface area contributed by atoms with Crippen molar-refractivity contribution in [2.45, 2.75) is 25.7 Å². The Bertz CT molecular complexity index is 576. The Labute approximate surface area is 121 Å². The highest BCUT2D eigenvalue weighted by molar-refractivity contribution is 5.36. The third kappa shape index (κ3) is 4.23. The van der Waals surface area contributed by atoms with Gasteiger partial charge in [0.15, 0.2) is 0 Å². The van der Waals surface area contributed by atoms with Crippen LogP contribution in [0.3, 0.4) is 0 Å². The van der Waals surface area contributed by atoms with E-state index in [0.717, 1.165) is 17.5 Å². The van der Waals surface area contributed by atoms with E-state index in [0.29, 0.717) is 0 Å². The van der Waals surface area contributed by atoms with Crippen molar-refractivity contribution in [1.82, 2.24) is 0 Å². The summed E-state index contributed by atoms with van der Waals surface area (Å²) in [6.45, 7) is 2.06. The Kier molecular flexibility index (Phi) is 4.53. The molecule has 0 aliphatic heterocycles. The van der Waals surface area contributed by atoms with Crippen molar-refractivity contribution in [3.63, 3.8) is 0 Å². The van der Waals surface area contributed by atoms with Gasteiger partial charge < -0.3 is 10.5 Å². The summed E-state index contributed by atoms with van der Waals surface area (Å²) in [5, 5.41) is 0. The van der Waals surface area contributed by atoms with E-state index in [1.54, 1.807) is 12.1 Å². The zero-order chi connectivity index (χ0) is 15.5. The molecule has 0 heterocycles. The van der Waals surface area contributed by atoms with Crippen molar-refractivity contribution in [3.8, 4) is 5.75 Å². The number of rotatable bonds is 4. The van der Waals surface area contributed by atoms with Gasteiger partial charge in [-0.25, -0.2) is 0 Å². The topological polar surface area (TPSA) is 35.2 Å². The van der Waals surface area contributed by atoms with Gasteiger partial charge in [-0.05, 0) is 35.2 Å². The van der Waals surface area contributed by atoms with E-state index in [1.165, 1.54) is 17.7 Å². The summed E-state index contributed by atoms with van der Waals surface area (Å²) in [5.74, 6) is -0.250. The van der Waals surface area contributed by atoms with Crippen molar-refractivity contribution in [2.75, 3.05) is 0 Å². The van der Waals surface area contributed by atoms with Crippen molar-refractivity contribution in [1.29, 1.82) is 0 Å². The molecule has 2 nitrogen and oxygen atoms in total. The first kappa shape index (κ1) is 15.4. The molecular weight excluding hydrogens is 279 g/mol. The fraction of sp³-hybridized carbons (Fsp3) is 0.250. The number of alkyl halides is 3. The van der Waals surface area contributed by atoms with Gasteiger partial charge in [0, 0.05) is 0 Å². The molecule has 0 amide bonds. The van der Waals surface area contributed by atoms with E-state index in [2.05, 4.69) is 11.7 Å². The first-order chi connectivity index (χ1) is 9.89. The van der Waals surface area contributed by atoms with Crippen LogP contribution in [0.25, 0.3) is 0 Å². The van der Waals surface area contributed by atoms with E-state index in [1.807, 2.05) is 24.3 Å². The van der Waals surface area contributed by atoms with Crippen LogP contribution in [-0.4, -0.2) is 6.36 Å². The molecule has 0 aliphatic rings. The number of ether oxygens (including phenoxy) is 1.